The van der Waals surface area contributed by atoms with Crippen molar-refractivity contribution in [3.8, 4) is 16.9 Å². The summed E-state index contributed by atoms with van der Waals surface area (Å²) in [6.07, 6.45) is 0. The molecule has 0 saturated carbocycles. The molecule has 40 heavy (non-hydrogen) atoms. The number of amides is 1. The second-order valence-electron chi connectivity index (χ2n) is 10.7. The zero-order chi connectivity index (χ0) is 28.0. The number of benzene rings is 2. The molecule has 4 aromatic rings. The number of fused-ring (bicyclic) bond motifs is 3. The Bertz CT molecular complexity index is 1590. The molecule has 1 N–H and O–H groups in total. The molecular formula is C32H33N5O3. The van der Waals surface area contributed by atoms with Gasteiger partial charge in [-0.1, -0.05) is 30.3 Å². The Morgan fingerprint density at radius 2 is 1.77 bits per heavy atom. The van der Waals surface area contributed by atoms with E-state index in [2.05, 4.69) is 34.2 Å². The highest BCUT2D eigenvalue weighted by atomic mass is 16.5. The molecule has 0 bridgehead atoms. The minimum absolute atomic E-state index is 0.197. The Balaban J connectivity index is 1.18. The monoisotopic (exact) mass is 535 g/mol. The fourth-order valence-corrected chi connectivity index (χ4v) is 5.77. The van der Waals surface area contributed by atoms with E-state index in [1.807, 2.05) is 68.4 Å². The normalized spacial score (nSPS) is 16.1. The van der Waals surface area contributed by atoms with Gasteiger partial charge in [0, 0.05) is 55.4 Å². The van der Waals surface area contributed by atoms with E-state index in [9.17, 15) is 9.59 Å². The van der Waals surface area contributed by atoms with Crippen LogP contribution in [0.1, 0.15) is 27.4 Å². The number of anilines is 3. The molecule has 2 aliphatic rings. The highest BCUT2D eigenvalue weighted by Gasteiger charge is 2.34. The number of ether oxygens (including phenoxy) is 1. The van der Waals surface area contributed by atoms with Gasteiger partial charge in [0.05, 0.1) is 11.7 Å². The van der Waals surface area contributed by atoms with Gasteiger partial charge in [0.25, 0.3) is 11.7 Å². The number of aromatic nitrogens is 2. The first kappa shape index (κ1) is 25.7. The lowest BCUT2D eigenvalue weighted by Gasteiger charge is -2.46. The van der Waals surface area contributed by atoms with Crippen molar-refractivity contribution >= 4 is 28.9 Å². The van der Waals surface area contributed by atoms with Gasteiger partial charge in [0.15, 0.2) is 0 Å². The second kappa shape index (κ2) is 10.2. The van der Waals surface area contributed by atoms with Gasteiger partial charge in [-0.25, -0.2) is 4.98 Å². The predicted molar refractivity (Wildman–Crippen MR) is 158 cm³/mol. The number of nitrogens with zero attached hydrogens (tertiary/aromatic N) is 4. The molecule has 204 valence electrons. The van der Waals surface area contributed by atoms with Gasteiger partial charge in [0.2, 0.25) is 0 Å². The van der Waals surface area contributed by atoms with Crippen LogP contribution in [0.4, 0.5) is 17.2 Å². The van der Waals surface area contributed by atoms with Crippen LogP contribution in [0.5, 0.6) is 5.75 Å². The summed E-state index contributed by atoms with van der Waals surface area (Å²) in [6, 6.07) is 21.6. The average molecular weight is 536 g/mol. The van der Waals surface area contributed by atoms with Crippen molar-refractivity contribution in [1.29, 1.82) is 0 Å². The summed E-state index contributed by atoms with van der Waals surface area (Å²) in [7, 11) is 1.81. The third-order valence-corrected chi connectivity index (χ3v) is 7.83. The first-order chi connectivity index (χ1) is 19.3. The van der Waals surface area contributed by atoms with Crippen molar-refractivity contribution in [2.24, 2.45) is 7.05 Å². The highest BCUT2D eigenvalue weighted by Crippen LogP contribution is 2.38. The Morgan fingerprint density at radius 3 is 2.55 bits per heavy atom. The summed E-state index contributed by atoms with van der Waals surface area (Å²) in [4.78, 5) is 35.9. The lowest BCUT2D eigenvalue weighted by Crippen LogP contribution is -2.57. The number of piperazine rings is 1. The topological polar surface area (TPSA) is 79.7 Å². The lowest BCUT2D eigenvalue weighted by atomic mass is 10.0. The van der Waals surface area contributed by atoms with Gasteiger partial charge < -0.3 is 24.4 Å². The highest BCUT2D eigenvalue weighted by molar-refractivity contribution is 6.47. The summed E-state index contributed by atoms with van der Waals surface area (Å²) in [5, 5.41) is 2.80. The van der Waals surface area contributed by atoms with Crippen LogP contribution in [0.3, 0.4) is 0 Å². The molecule has 1 amide bonds. The van der Waals surface area contributed by atoms with Crippen molar-refractivity contribution in [2.75, 3.05) is 41.4 Å². The van der Waals surface area contributed by atoms with Gasteiger partial charge >= 0.3 is 0 Å². The van der Waals surface area contributed by atoms with E-state index >= 15 is 0 Å². The molecule has 8 heteroatoms. The molecule has 2 aromatic carbocycles. The van der Waals surface area contributed by atoms with E-state index in [1.54, 1.807) is 11.6 Å². The molecule has 1 saturated heterocycles. The Morgan fingerprint density at radius 1 is 0.975 bits per heavy atom. The molecule has 4 heterocycles. The van der Waals surface area contributed by atoms with Crippen molar-refractivity contribution in [3.63, 3.8) is 0 Å². The van der Waals surface area contributed by atoms with Crippen LogP contribution in [0, 0.1) is 20.8 Å². The summed E-state index contributed by atoms with van der Waals surface area (Å²) in [5.41, 5.74) is 6.67. The Hall–Kier alpha value is -4.59. The standard InChI is InChI=1S/C32H33N5O3/c1-20-14-21(2)33-29(15-20)36-12-13-37-25(18-36)19-40-28-17-24(10-11-27(28)37)34-32(39)31(38)30-26(16-22(3)35(30)4)23-8-6-5-7-9-23/h5-11,14-17,25H,12-13,18-19H2,1-4H3,(H,34,39)/t25-/m0/s1. The molecule has 8 nitrogen and oxygen atoms in total. The zero-order valence-electron chi connectivity index (χ0n) is 23.3. The number of carbonyl (C=O) groups is 2. The van der Waals surface area contributed by atoms with Gasteiger partial charge in [-0.05, 0) is 62.2 Å². The number of rotatable bonds is 5. The van der Waals surface area contributed by atoms with Crippen molar-refractivity contribution in [1.82, 2.24) is 9.55 Å². The molecule has 1 fully saturated rings. The number of hydrogen-bond donors (Lipinski definition) is 1. The third kappa shape index (κ3) is 4.70. The molecule has 0 unspecified atom stereocenters. The van der Waals surface area contributed by atoms with Gasteiger partial charge in [-0.15, -0.1) is 0 Å². The van der Waals surface area contributed by atoms with Crippen LogP contribution in [-0.2, 0) is 11.8 Å². The minimum atomic E-state index is -0.679. The third-order valence-electron chi connectivity index (χ3n) is 7.83. The number of hydrogen-bond acceptors (Lipinski definition) is 6. The molecule has 2 aromatic heterocycles. The molecule has 0 radical (unpaired) electrons. The molecule has 0 spiro atoms. The first-order valence-electron chi connectivity index (χ1n) is 13.6. The van der Waals surface area contributed by atoms with E-state index in [0.717, 1.165) is 53.7 Å². The molecular weight excluding hydrogens is 502 g/mol. The maximum absolute atomic E-state index is 13.4. The predicted octanol–water partition coefficient (Wildman–Crippen LogP) is 4.92. The number of aryl methyl sites for hydroxylation is 3. The fourth-order valence-electron chi connectivity index (χ4n) is 5.77. The number of carbonyl (C=O) groups excluding carboxylic acids is 2. The largest absolute Gasteiger partial charge is 0.489 e. The van der Waals surface area contributed by atoms with Crippen molar-refractivity contribution in [3.05, 3.63) is 89.4 Å². The maximum Gasteiger partial charge on any atom is 0.298 e. The average Bonchev–Trinajstić information content (AvgIpc) is 3.25. The summed E-state index contributed by atoms with van der Waals surface area (Å²) in [6.45, 7) is 9.11. The number of pyridine rings is 1. The summed E-state index contributed by atoms with van der Waals surface area (Å²) >= 11 is 0. The molecule has 0 aliphatic carbocycles. The van der Waals surface area contributed by atoms with Crippen LogP contribution < -0.4 is 19.9 Å². The van der Waals surface area contributed by atoms with Crippen LogP contribution in [0.15, 0.2) is 66.7 Å². The summed E-state index contributed by atoms with van der Waals surface area (Å²) in [5.74, 6) is 0.458. The fraction of sp³-hybridized carbons (Fsp3) is 0.281. The number of ketones is 1. The van der Waals surface area contributed by atoms with E-state index in [4.69, 9.17) is 9.72 Å². The van der Waals surface area contributed by atoms with Crippen molar-refractivity contribution < 1.29 is 14.3 Å². The van der Waals surface area contributed by atoms with Crippen LogP contribution in [-0.4, -0.2) is 53.5 Å². The van der Waals surface area contributed by atoms with Crippen LogP contribution in [0.2, 0.25) is 0 Å². The number of Topliss-reactive ketones (excluding diaryl/α,β-unsaturated/α-hetero) is 1. The maximum atomic E-state index is 13.4. The van der Waals surface area contributed by atoms with E-state index in [1.165, 1.54) is 5.56 Å². The van der Waals surface area contributed by atoms with Gasteiger partial charge in [-0.3, -0.25) is 9.59 Å². The van der Waals surface area contributed by atoms with Gasteiger partial charge in [-0.2, -0.15) is 0 Å². The Labute approximate surface area is 234 Å². The van der Waals surface area contributed by atoms with Crippen LogP contribution >= 0.6 is 0 Å². The van der Waals surface area contributed by atoms with Gasteiger partial charge in [0.1, 0.15) is 23.9 Å². The van der Waals surface area contributed by atoms with Crippen LogP contribution in [0.25, 0.3) is 11.1 Å². The Kier molecular flexibility index (Phi) is 6.54. The molecule has 1 atom stereocenters. The lowest BCUT2D eigenvalue weighted by molar-refractivity contribution is -0.112. The number of nitrogens with one attached hydrogen (secondary N) is 1. The SMILES string of the molecule is Cc1cc(C)nc(N2CCN3c4ccc(NC(=O)C(=O)c5c(-c6ccccc6)cc(C)n5C)cc4OC[C@@H]3C2)c1. The molecule has 2 aliphatic heterocycles. The zero-order valence-corrected chi connectivity index (χ0v) is 23.3. The second-order valence-corrected chi connectivity index (χ2v) is 10.7. The quantitative estimate of drug-likeness (QED) is 0.289. The molecule has 6 rings (SSSR count). The minimum Gasteiger partial charge on any atom is -0.489 e. The van der Waals surface area contributed by atoms with E-state index in [-0.39, 0.29) is 6.04 Å². The van der Waals surface area contributed by atoms with E-state index in [0.29, 0.717) is 23.7 Å². The smallest absolute Gasteiger partial charge is 0.298 e. The van der Waals surface area contributed by atoms with E-state index < -0.39 is 11.7 Å². The summed E-state index contributed by atoms with van der Waals surface area (Å²) < 4.78 is 7.93. The van der Waals surface area contributed by atoms with Crippen molar-refractivity contribution in [2.45, 2.75) is 26.8 Å². The first-order valence-corrected chi connectivity index (χ1v) is 13.6.